The molecule has 0 unspecified atom stereocenters. The molecule has 29 heavy (non-hydrogen) atoms. The maximum Gasteiger partial charge on any atom is 0.294 e. The number of hydrogen-bond donors (Lipinski definition) is 2. The number of phenolic OH excluding ortho intramolecular Hbond substituents is 1. The van der Waals surface area contributed by atoms with Crippen molar-refractivity contribution in [3.05, 3.63) is 56.9 Å². The number of methoxy groups -OCH3 is 1. The van der Waals surface area contributed by atoms with E-state index in [0.29, 0.717) is 15.7 Å². The van der Waals surface area contributed by atoms with Gasteiger partial charge in [-0.1, -0.05) is 28.1 Å². The SMILES string of the molecule is COc1cc(/C=C2\SC(=O)N(CC(=O)Nc3cccc(C)c3)C2=O)c(Br)cc1O. The van der Waals surface area contributed by atoms with Gasteiger partial charge >= 0.3 is 0 Å². The number of phenols is 1. The minimum atomic E-state index is -0.557. The molecule has 0 saturated carbocycles. The van der Waals surface area contributed by atoms with Crippen LogP contribution in [0.15, 0.2) is 45.8 Å². The summed E-state index contributed by atoms with van der Waals surface area (Å²) in [6, 6.07) is 10.2. The summed E-state index contributed by atoms with van der Waals surface area (Å²) in [4.78, 5) is 38.2. The molecule has 1 aliphatic rings. The van der Waals surface area contributed by atoms with E-state index in [1.807, 2.05) is 13.0 Å². The molecular weight excluding hydrogens is 460 g/mol. The summed E-state index contributed by atoms with van der Waals surface area (Å²) in [5, 5.41) is 12.0. The van der Waals surface area contributed by atoms with Gasteiger partial charge in [0, 0.05) is 10.2 Å². The van der Waals surface area contributed by atoms with E-state index in [0.717, 1.165) is 22.2 Å². The van der Waals surface area contributed by atoms with E-state index in [2.05, 4.69) is 21.2 Å². The summed E-state index contributed by atoms with van der Waals surface area (Å²) in [7, 11) is 1.41. The van der Waals surface area contributed by atoms with E-state index >= 15 is 0 Å². The highest BCUT2D eigenvalue weighted by molar-refractivity contribution is 9.10. The number of nitrogens with zero attached hydrogens (tertiary/aromatic N) is 1. The summed E-state index contributed by atoms with van der Waals surface area (Å²) in [5.41, 5.74) is 2.12. The Labute approximate surface area is 179 Å². The second-order valence-corrected chi connectivity index (χ2v) is 8.08. The molecule has 1 aliphatic heterocycles. The summed E-state index contributed by atoms with van der Waals surface area (Å²) >= 11 is 4.06. The predicted molar refractivity (Wildman–Crippen MR) is 115 cm³/mol. The normalized spacial score (nSPS) is 15.1. The molecule has 1 saturated heterocycles. The van der Waals surface area contributed by atoms with Gasteiger partial charge < -0.3 is 15.2 Å². The predicted octanol–water partition coefficient (Wildman–Crippen LogP) is 4.15. The fourth-order valence-corrected chi connectivity index (χ4v) is 3.95. The fourth-order valence-electron chi connectivity index (χ4n) is 2.68. The number of nitrogens with one attached hydrogen (secondary N) is 1. The molecule has 0 bridgehead atoms. The van der Waals surface area contributed by atoms with Gasteiger partial charge in [-0.15, -0.1) is 0 Å². The van der Waals surface area contributed by atoms with Gasteiger partial charge in [-0.25, -0.2) is 0 Å². The van der Waals surface area contributed by atoms with Crippen molar-refractivity contribution in [2.45, 2.75) is 6.92 Å². The molecule has 7 nitrogen and oxygen atoms in total. The Hall–Kier alpha value is -2.78. The largest absolute Gasteiger partial charge is 0.504 e. The Morgan fingerprint density at radius 2 is 2.07 bits per heavy atom. The molecule has 0 aromatic heterocycles. The Bertz CT molecular complexity index is 1040. The van der Waals surface area contributed by atoms with Crippen LogP contribution in [0.25, 0.3) is 6.08 Å². The van der Waals surface area contributed by atoms with Crippen LogP contribution in [-0.4, -0.2) is 40.7 Å². The number of thioether (sulfide) groups is 1. The summed E-state index contributed by atoms with van der Waals surface area (Å²) in [6.45, 7) is 1.52. The number of hydrogen-bond acceptors (Lipinski definition) is 6. The highest BCUT2D eigenvalue weighted by Gasteiger charge is 2.36. The molecule has 0 aliphatic carbocycles. The van der Waals surface area contributed by atoms with Crippen molar-refractivity contribution >= 4 is 56.5 Å². The van der Waals surface area contributed by atoms with Gasteiger partial charge in [-0.2, -0.15) is 0 Å². The first kappa shape index (κ1) is 20.9. The molecular formula is C20H17BrN2O5S. The Morgan fingerprint density at radius 1 is 1.31 bits per heavy atom. The standard InChI is InChI=1S/C20H17BrN2O5S/c1-11-4-3-5-13(6-11)22-18(25)10-23-19(26)17(29-20(23)27)8-12-7-16(28-2)15(24)9-14(12)21/h3-9,24H,10H2,1-2H3,(H,22,25)/b17-8-. The molecule has 150 valence electrons. The topological polar surface area (TPSA) is 95.9 Å². The van der Waals surface area contributed by atoms with Crippen LogP contribution in [0, 0.1) is 6.92 Å². The number of rotatable bonds is 5. The lowest BCUT2D eigenvalue weighted by Crippen LogP contribution is -2.36. The number of aryl methyl sites for hydroxylation is 1. The number of aromatic hydroxyl groups is 1. The molecule has 1 fully saturated rings. The minimum Gasteiger partial charge on any atom is -0.504 e. The monoisotopic (exact) mass is 476 g/mol. The Morgan fingerprint density at radius 3 is 2.76 bits per heavy atom. The third-order valence-electron chi connectivity index (χ3n) is 4.06. The zero-order valence-corrected chi connectivity index (χ0v) is 18.0. The lowest BCUT2D eigenvalue weighted by molar-refractivity contribution is -0.127. The molecule has 2 aromatic rings. The van der Waals surface area contributed by atoms with Gasteiger partial charge in [0.2, 0.25) is 5.91 Å². The van der Waals surface area contributed by atoms with Crippen molar-refractivity contribution < 1.29 is 24.2 Å². The second-order valence-electron chi connectivity index (χ2n) is 6.23. The molecule has 0 spiro atoms. The lowest BCUT2D eigenvalue weighted by atomic mass is 10.2. The van der Waals surface area contributed by atoms with Gasteiger partial charge in [-0.3, -0.25) is 19.3 Å². The third kappa shape index (κ3) is 4.80. The molecule has 9 heteroatoms. The van der Waals surface area contributed by atoms with Crippen molar-refractivity contribution in [1.82, 2.24) is 4.90 Å². The van der Waals surface area contributed by atoms with E-state index in [4.69, 9.17) is 4.74 Å². The highest BCUT2D eigenvalue weighted by Crippen LogP contribution is 2.37. The maximum atomic E-state index is 12.6. The minimum absolute atomic E-state index is 0.0579. The molecule has 1 heterocycles. The zero-order chi connectivity index (χ0) is 21.1. The van der Waals surface area contributed by atoms with Crippen LogP contribution in [0.4, 0.5) is 10.5 Å². The third-order valence-corrected chi connectivity index (χ3v) is 5.66. The number of ether oxygens (including phenoxy) is 1. The molecule has 0 radical (unpaired) electrons. The van der Waals surface area contributed by atoms with Crippen molar-refractivity contribution in [3.8, 4) is 11.5 Å². The molecule has 3 amide bonds. The smallest absolute Gasteiger partial charge is 0.294 e. The summed E-state index contributed by atoms with van der Waals surface area (Å²) in [5.74, 6) is -0.848. The van der Waals surface area contributed by atoms with Gasteiger partial charge in [-0.05, 0) is 60.2 Å². The van der Waals surface area contributed by atoms with Gasteiger partial charge in [0.15, 0.2) is 11.5 Å². The van der Waals surface area contributed by atoms with Gasteiger partial charge in [0.1, 0.15) is 6.54 Å². The lowest BCUT2D eigenvalue weighted by Gasteiger charge is -2.12. The first-order valence-corrected chi connectivity index (χ1v) is 10.1. The van der Waals surface area contributed by atoms with E-state index in [9.17, 15) is 19.5 Å². The Kier molecular flexibility index (Phi) is 6.29. The van der Waals surface area contributed by atoms with Crippen LogP contribution in [0.2, 0.25) is 0 Å². The quantitative estimate of drug-likeness (QED) is 0.629. The van der Waals surface area contributed by atoms with Gasteiger partial charge in [0.25, 0.3) is 11.1 Å². The maximum absolute atomic E-state index is 12.6. The average molecular weight is 477 g/mol. The van der Waals surface area contributed by atoms with Crippen molar-refractivity contribution in [1.29, 1.82) is 0 Å². The summed E-state index contributed by atoms with van der Waals surface area (Å²) < 4.78 is 5.60. The molecule has 3 rings (SSSR count). The second kappa shape index (κ2) is 8.71. The first-order valence-electron chi connectivity index (χ1n) is 8.47. The molecule has 2 aromatic carbocycles. The van der Waals surface area contributed by atoms with Crippen LogP contribution in [0.3, 0.4) is 0 Å². The van der Waals surface area contributed by atoms with Crippen LogP contribution in [0.1, 0.15) is 11.1 Å². The van der Waals surface area contributed by atoms with Crippen molar-refractivity contribution in [3.63, 3.8) is 0 Å². The van der Waals surface area contributed by atoms with Crippen LogP contribution >= 0.6 is 27.7 Å². The van der Waals surface area contributed by atoms with Crippen LogP contribution in [-0.2, 0) is 9.59 Å². The number of anilines is 1. The average Bonchev–Trinajstić information content (AvgIpc) is 2.91. The van der Waals surface area contributed by atoms with E-state index in [1.165, 1.54) is 25.3 Å². The number of carbonyl (C=O) groups excluding carboxylic acids is 3. The number of carbonyl (C=O) groups is 3. The first-order chi connectivity index (χ1) is 13.8. The fraction of sp³-hybridized carbons (Fsp3) is 0.150. The number of imide groups is 1. The van der Waals surface area contributed by atoms with E-state index < -0.39 is 17.1 Å². The van der Waals surface area contributed by atoms with Crippen molar-refractivity contribution in [2.75, 3.05) is 19.0 Å². The van der Waals surface area contributed by atoms with Crippen molar-refractivity contribution in [2.24, 2.45) is 0 Å². The molecule has 2 N–H and O–H groups in total. The summed E-state index contributed by atoms with van der Waals surface area (Å²) in [6.07, 6.45) is 1.51. The van der Waals surface area contributed by atoms with Gasteiger partial charge in [0.05, 0.1) is 12.0 Å². The number of benzene rings is 2. The van der Waals surface area contributed by atoms with Crippen LogP contribution < -0.4 is 10.1 Å². The number of amides is 3. The zero-order valence-electron chi connectivity index (χ0n) is 15.6. The highest BCUT2D eigenvalue weighted by atomic mass is 79.9. The van der Waals surface area contributed by atoms with Crippen LogP contribution in [0.5, 0.6) is 11.5 Å². The Balaban J connectivity index is 1.76. The molecule has 0 atom stereocenters. The van der Waals surface area contributed by atoms with E-state index in [-0.39, 0.29) is 22.9 Å². The number of halogens is 1. The van der Waals surface area contributed by atoms with E-state index in [1.54, 1.807) is 18.2 Å².